The predicted octanol–water partition coefficient (Wildman–Crippen LogP) is 2.49. The van der Waals surface area contributed by atoms with Crippen LogP contribution in [0.4, 0.5) is 5.69 Å². The molecule has 0 bridgehead atoms. The molecule has 3 nitrogen and oxygen atoms in total. The molecule has 13 heavy (non-hydrogen) atoms. The molecule has 0 spiro atoms. The third-order valence-corrected chi connectivity index (χ3v) is 1.40. The number of ether oxygens (including phenoxy) is 1. The van der Waals surface area contributed by atoms with Crippen molar-refractivity contribution in [3.63, 3.8) is 0 Å². The quantitative estimate of drug-likeness (QED) is 0.709. The average Bonchev–Trinajstić information content (AvgIpc) is 1.78. The van der Waals surface area contributed by atoms with E-state index in [1.807, 2.05) is 20.8 Å². The van der Waals surface area contributed by atoms with Crippen molar-refractivity contribution in [1.82, 2.24) is 4.98 Å². The summed E-state index contributed by atoms with van der Waals surface area (Å²) in [5.74, 6) is 0.456. The second-order valence-electron chi connectivity index (χ2n) is 3.78. The van der Waals surface area contributed by atoms with Gasteiger partial charge in [-0.1, -0.05) is 11.6 Å². The fourth-order valence-electron chi connectivity index (χ4n) is 0.858. The SMILES string of the molecule is CC(C)(C)Oc1cc(N)cc(Cl)n1. The van der Waals surface area contributed by atoms with Crippen LogP contribution < -0.4 is 10.5 Å². The van der Waals surface area contributed by atoms with E-state index >= 15 is 0 Å². The van der Waals surface area contributed by atoms with Gasteiger partial charge in [0.25, 0.3) is 0 Å². The predicted molar refractivity (Wildman–Crippen MR) is 54.0 cm³/mol. The van der Waals surface area contributed by atoms with Crippen molar-refractivity contribution in [2.24, 2.45) is 0 Å². The Balaban J connectivity index is 2.90. The molecule has 0 saturated carbocycles. The molecule has 0 aromatic carbocycles. The number of nitrogens with two attached hydrogens (primary N) is 1. The highest BCUT2D eigenvalue weighted by molar-refractivity contribution is 6.29. The zero-order chi connectivity index (χ0) is 10.1. The fourth-order valence-corrected chi connectivity index (χ4v) is 1.07. The van der Waals surface area contributed by atoms with Crippen LogP contribution in [-0.2, 0) is 0 Å². The number of pyridine rings is 1. The third kappa shape index (κ3) is 3.51. The van der Waals surface area contributed by atoms with Crippen molar-refractivity contribution in [2.75, 3.05) is 5.73 Å². The maximum absolute atomic E-state index is 5.71. The lowest BCUT2D eigenvalue weighted by Gasteiger charge is -2.20. The normalized spacial score (nSPS) is 11.4. The summed E-state index contributed by atoms with van der Waals surface area (Å²) in [4.78, 5) is 3.98. The molecule has 1 heterocycles. The van der Waals surface area contributed by atoms with Crippen LogP contribution in [0.2, 0.25) is 5.15 Å². The molecule has 0 amide bonds. The second kappa shape index (κ2) is 3.42. The minimum atomic E-state index is -0.288. The van der Waals surface area contributed by atoms with Crippen LogP contribution in [0.1, 0.15) is 20.8 Å². The zero-order valence-electron chi connectivity index (χ0n) is 7.97. The molecule has 0 aliphatic carbocycles. The van der Waals surface area contributed by atoms with Crippen molar-refractivity contribution in [1.29, 1.82) is 0 Å². The molecule has 0 fully saturated rings. The number of nitrogen functional groups attached to an aromatic ring is 1. The minimum Gasteiger partial charge on any atom is -0.472 e. The number of hydrogen-bond acceptors (Lipinski definition) is 3. The number of hydrogen-bond donors (Lipinski definition) is 1. The molecule has 0 radical (unpaired) electrons. The van der Waals surface area contributed by atoms with E-state index in [4.69, 9.17) is 22.1 Å². The van der Waals surface area contributed by atoms with E-state index in [0.717, 1.165) is 0 Å². The van der Waals surface area contributed by atoms with Gasteiger partial charge in [0.2, 0.25) is 5.88 Å². The van der Waals surface area contributed by atoms with E-state index in [0.29, 0.717) is 16.7 Å². The van der Waals surface area contributed by atoms with Crippen LogP contribution in [-0.4, -0.2) is 10.6 Å². The third-order valence-electron chi connectivity index (χ3n) is 1.20. The summed E-state index contributed by atoms with van der Waals surface area (Å²) < 4.78 is 5.49. The Morgan fingerprint density at radius 1 is 1.38 bits per heavy atom. The van der Waals surface area contributed by atoms with Gasteiger partial charge in [0, 0.05) is 11.8 Å². The lowest BCUT2D eigenvalue weighted by molar-refractivity contribution is 0.124. The number of anilines is 1. The van der Waals surface area contributed by atoms with Gasteiger partial charge < -0.3 is 10.5 Å². The van der Waals surface area contributed by atoms with Crippen molar-refractivity contribution in [2.45, 2.75) is 26.4 Å². The second-order valence-corrected chi connectivity index (χ2v) is 4.16. The van der Waals surface area contributed by atoms with Gasteiger partial charge in [-0.05, 0) is 26.8 Å². The Morgan fingerprint density at radius 3 is 2.46 bits per heavy atom. The lowest BCUT2D eigenvalue weighted by Crippen LogP contribution is -2.23. The first-order chi connectivity index (χ1) is 5.87. The largest absolute Gasteiger partial charge is 0.472 e. The summed E-state index contributed by atoms with van der Waals surface area (Å²) in [5.41, 5.74) is 5.84. The van der Waals surface area contributed by atoms with Gasteiger partial charge in [-0.15, -0.1) is 0 Å². The van der Waals surface area contributed by atoms with Gasteiger partial charge in [0.1, 0.15) is 10.8 Å². The number of halogens is 1. The Bertz CT molecular complexity index is 287. The van der Waals surface area contributed by atoms with Gasteiger partial charge in [-0.2, -0.15) is 0 Å². The van der Waals surface area contributed by atoms with E-state index < -0.39 is 0 Å². The highest BCUT2D eigenvalue weighted by Gasteiger charge is 2.13. The zero-order valence-corrected chi connectivity index (χ0v) is 8.72. The van der Waals surface area contributed by atoms with Crippen LogP contribution in [0.25, 0.3) is 0 Å². The molecule has 0 atom stereocenters. The summed E-state index contributed by atoms with van der Waals surface area (Å²) >= 11 is 5.71. The summed E-state index contributed by atoms with van der Waals surface area (Å²) in [6, 6.07) is 3.23. The van der Waals surface area contributed by atoms with Crippen LogP contribution in [0.3, 0.4) is 0 Å². The Morgan fingerprint density at radius 2 is 2.00 bits per heavy atom. The maximum Gasteiger partial charge on any atom is 0.217 e. The van der Waals surface area contributed by atoms with Crippen molar-refractivity contribution >= 4 is 17.3 Å². The molecule has 0 saturated heterocycles. The molecule has 72 valence electrons. The Kier molecular flexibility index (Phi) is 2.66. The molecule has 0 aliphatic rings. The Labute approximate surface area is 82.9 Å². The first-order valence-corrected chi connectivity index (χ1v) is 4.37. The molecule has 2 N–H and O–H groups in total. The van der Waals surface area contributed by atoms with E-state index in [9.17, 15) is 0 Å². The van der Waals surface area contributed by atoms with Gasteiger partial charge in [0.05, 0.1) is 0 Å². The molecule has 0 aliphatic heterocycles. The topological polar surface area (TPSA) is 48.1 Å². The highest BCUT2D eigenvalue weighted by atomic mass is 35.5. The van der Waals surface area contributed by atoms with Crippen LogP contribution >= 0.6 is 11.6 Å². The van der Waals surface area contributed by atoms with Gasteiger partial charge in [-0.25, -0.2) is 4.98 Å². The smallest absolute Gasteiger partial charge is 0.217 e. The molecular weight excluding hydrogens is 188 g/mol. The first kappa shape index (κ1) is 10.1. The van der Waals surface area contributed by atoms with Crippen molar-refractivity contribution < 1.29 is 4.74 Å². The summed E-state index contributed by atoms with van der Waals surface area (Å²) in [7, 11) is 0. The minimum absolute atomic E-state index is 0.288. The lowest BCUT2D eigenvalue weighted by atomic mass is 10.2. The van der Waals surface area contributed by atoms with Crippen LogP contribution in [0.15, 0.2) is 12.1 Å². The number of nitrogens with zero attached hydrogens (tertiary/aromatic N) is 1. The van der Waals surface area contributed by atoms with Crippen molar-refractivity contribution in [3.8, 4) is 5.88 Å². The molecule has 4 heteroatoms. The standard InChI is InChI=1S/C9H13ClN2O/c1-9(2,3)13-8-5-6(11)4-7(10)12-8/h4-5H,1-3H3,(H2,11,12). The Hall–Kier alpha value is -0.960. The van der Waals surface area contributed by atoms with Gasteiger partial charge in [0.15, 0.2) is 0 Å². The van der Waals surface area contributed by atoms with Crippen LogP contribution in [0, 0.1) is 0 Å². The summed E-state index contributed by atoms with van der Waals surface area (Å²) in [6.45, 7) is 5.81. The molecular formula is C9H13ClN2O. The first-order valence-electron chi connectivity index (χ1n) is 3.99. The van der Waals surface area contributed by atoms with E-state index in [-0.39, 0.29) is 5.60 Å². The molecule has 1 rings (SSSR count). The van der Waals surface area contributed by atoms with E-state index in [2.05, 4.69) is 4.98 Å². The van der Waals surface area contributed by atoms with E-state index in [1.165, 1.54) is 0 Å². The van der Waals surface area contributed by atoms with E-state index in [1.54, 1.807) is 12.1 Å². The molecule has 0 unspecified atom stereocenters. The molecule has 1 aromatic rings. The number of rotatable bonds is 1. The van der Waals surface area contributed by atoms with Gasteiger partial charge in [-0.3, -0.25) is 0 Å². The number of aromatic nitrogens is 1. The molecule has 1 aromatic heterocycles. The van der Waals surface area contributed by atoms with Gasteiger partial charge >= 0.3 is 0 Å². The summed E-state index contributed by atoms with van der Waals surface area (Å²) in [5, 5.41) is 0.347. The average molecular weight is 201 g/mol. The fraction of sp³-hybridized carbons (Fsp3) is 0.444. The maximum atomic E-state index is 5.71. The monoisotopic (exact) mass is 200 g/mol. The highest BCUT2D eigenvalue weighted by Crippen LogP contribution is 2.21. The van der Waals surface area contributed by atoms with Crippen molar-refractivity contribution in [3.05, 3.63) is 17.3 Å². The summed E-state index contributed by atoms with van der Waals surface area (Å²) in [6.07, 6.45) is 0. The van der Waals surface area contributed by atoms with Crippen LogP contribution in [0.5, 0.6) is 5.88 Å².